The second kappa shape index (κ2) is 9.16. The first-order chi connectivity index (χ1) is 13.5. The summed E-state index contributed by atoms with van der Waals surface area (Å²) in [7, 11) is 0. The van der Waals surface area contributed by atoms with Crippen molar-refractivity contribution in [2.75, 3.05) is 37.6 Å². The number of benzene rings is 2. The molecule has 1 heterocycles. The largest absolute Gasteiger partial charge is 0.368 e. The summed E-state index contributed by atoms with van der Waals surface area (Å²) in [5, 5.41) is 5.23. The minimum Gasteiger partial charge on any atom is -0.368 e. The minimum absolute atomic E-state index is 0.147. The van der Waals surface area contributed by atoms with Gasteiger partial charge in [-0.05, 0) is 42.0 Å². The second-order valence-electron chi connectivity index (χ2n) is 6.52. The Morgan fingerprint density at radius 1 is 0.893 bits per heavy atom. The minimum atomic E-state index is -0.361. The molecule has 0 spiro atoms. The summed E-state index contributed by atoms with van der Waals surface area (Å²) < 4.78 is 26.1. The molecule has 1 aliphatic rings. The van der Waals surface area contributed by atoms with E-state index in [1.807, 2.05) is 0 Å². The first kappa shape index (κ1) is 19.6. The molecule has 1 fully saturated rings. The van der Waals surface area contributed by atoms with Gasteiger partial charge in [0.1, 0.15) is 11.6 Å². The van der Waals surface area contributed by atoms with Crippen LogP contribution in [-0.2, 0) is 11.3 Å². The summed E-state index contributed by atoms with van der Waals surface area (Å²) in [5.41, 5.74) is 1.56. The fourth-order valence-corrected chi connectivity index (χ4v) is 3.00. The van der Waals surface area contributed by atoms with Gasteiger partial charge in [0, 0.05) is 38.4 Å². The van der Waals surface area contributed by atoms with E-state index in [0.29, 0.717) is 31.7 Å². The molecule has 0 saturated carbocycles. The van der Waals surface area contributed by atoms with Crippen LogP contribution in [0.1, 0.15) is 5.56 Å². The lowest BCUT2D eigenvalue weighted by atomic mass is 10.2. The van der Waals surface area contributed by atoms with Crippen LogP contribution in [0.2, 0.25) is 0 Å². The van der Waals surface area contributed by atoms with Gasteiger partial charge in [-0.1, -0.05) is 12.1 Å². The first-order valence-electron chi connectivity index (χ1n) is 9.06. The number of carbonyl (C=O) groups excluding carboxylic acids is 2. The molecule has 0 atom stereocenters. The number of nitrogens with zero attached hydrogens (tertiary/aromatic N) is 2. The smallest absolute Gasteiger partial charge is 0.317 e. The molecule has 2 N–H and O–H groups in total. The molecule has 8 heteroatoms. The molecule has 0 aromatic heterocycles. The molecule has 2 aromatic rings. The maximum atomic E-state index is 13.1. The molecule has 148 valence electrons. The quantitative estimate of drug-likeness (QED) is 0.825. The molecular weight excluding hydrogens is 366 g/mol. The predicted molar refractivity (Wildman–Crippen MR) is 102 cm³/mol. The highest BCUT2D eigenvalue weighted by molar-refractivity contribution is 5.84. The molecule has 0 radical (unpaired) electrons. The van der Waals surface area contributed by atoms with Crippen molar-refractivity contribution in [1.29, 1.82) is 0 Å². The zero-order chi connectivity index (χ0) is 19.9. The molecule has 0 unspecified atom stereocenters. The Labute approximate surface area is 162 Å². The third-order valence-electron chi connectivity index (χ3n) is 4.54. The Morgan fingerprint density at radius 3 is 2.29 bits per heavy atom. The van der Waals surface area contributed by atoms with Gasteiger partial charge in [0.2, 0.25) is 5.91 Å². The zero-order valence-corrected chi connectivity index (χ0v) is 15.3. The molecule has 0 aliphatic carbocycles. The molecule has 28 heavy (non-hydrogen) atoms. The number of hydrogen-bond acceptors (Lipinski definition) is 3. The number of urea groups is 1. The number of halogens is 2. The molecule has 0 bridgehead atoms. The van der Waals surface area contributed by atoms with Crippen LogP contribution in [0.4, 0.5) is 19.3 Å². The highest BCUT2D eigenvalue weighted by Crippen LogP contribution is 2.16. The van der Waals surface area contributed by atoms with Crippen molar-refractivity contribution < 1.29 is 18.4 Å². The van der Waals surface area contributed by atoms with Crippen molar-refractivity contribution in [2.24, 2.45) is 0 Å². The van der Waals surface area contributed by atoms with Gasteiger partial charge in [-0.15, -0.1) is 0 Å². The molecule has 3 rings (SSSR count). The average molecular weight is 388 g/mol. The first-order valence-corrected chi connectivity index (χ1v) is 9.06. The zero-order valence-electron chi connectivity index (χ0n) is 15.3. The van der Waals surface area contributed by atoms with Gasteiger partial charge >= 0.3 is 6.03 Å². The normalized spacial score (nSPS) is 13.9. The Balaban J connectivity index is 1.38. The topological polar surface area (TPSA) is 64.7 Å². The summed E-state index contributed by atoms with van der Waals surface area (Å²) in [6.07, 6.45) is 0. The Kier molecular flexibility index (Phi) is 6.41. The number of piperazine rings is 1. The molecule has 1 aliphatic heterocycles. The molecular formula is C20H22F2N4O2. The monoisotopic (exact) mass is 388 g/mol. The van der Waals surface area contributed by atoms with Crippen molar-refractivity contribution >= 4 is 17.6 Å². The van der Waals surface area contributed by atoms with Crippen LogP contribution in [-0.4, -0.2) is 49.6 Å². The van der Waals surface area contributed by atoms with Crippen molar-refractivity contribution in [3.8, 4) is 0 Å². The standard InChI is InChI=1S/C20H22F2N4O2/c21-16-4-6-18(7-5-16)25-8-10-26(11-9-25)20(28)24-14-19(27)23-13-15-2-1-3-17(22)12-15/h1-7,12H,8-11,13-14H2,(H,23,27)(H,24,28). The van der Waals surface area contributed by atoms with Gasteiger partial charge < -0.3 is 20.4 Å². The maximum Gasteiger partial charge on any atom is 0.317 e. The summed E-state index contributed by atoms with van der Waals surface area (Å²) >= 11 is 0. The lowest BCUT2D eigenvalue weighted by Crippen LogP contribution is -2.53. The lowest BCUT2D eigenvalue weighted by molar-refractivity contribution is -0.120. The van der Waals surface area contributed by atoms with E-state index >= 15 is 0 Å². The maximum absolute atomic E-state index is 13.1. The number of anilines is 1. The second-order valence-corrected chi connectivity index (χ2v) is 6.52. The van der Waals surface area contributed by atoms with Gasteiger partial charge in [0.25, 0.3) is 0 Å². The van der Waals surface area contributed by atoms with Crippen LogP contribution in [0, 0.1) is 11.6 Å². The van der Waals surface area contributed by atoms with Crippen molar-refractivity contribution in [3.63, 3.8) is 0 Å². The third-order valence-corrected chi connectivity index (χ3v) is 4.54. The van der Waals surface area contributed by atoms with Crippen molar-refractivity contribution in [1.82, 2.24) is 15.5 Å². The summed E-state index contributed by atoms with van der Waals surface area (Å²) in [5.74, 6) is -0.986. The van der Waals surface area contributed by atoms with Crippen LogP contribution in [0.25, 0.3) is 0 Å². The van der Waals surface area contributed by atoms with Crippen LogP contribution in [0.5, 0.6) is 0 Å². The highest BCUT2D eigenvalue weighted by atomic mass is 19.1. The molecule has 6 nitrogen and oxygen atoms in total. The predicted octanol–water partition coefficient (Wildman–Crippen LogP) is 2.11. The Bertz CT molecular complexity index is 821. The van der Waals surface area contributed by atoms with Crippen LogP contribution < -0.4 is 15.5 Å². The third kappa shape index (κ3) is 5.42. The highest BCUT2D eigenvalue weighted by Gasteiger charge is 2.21. The van der Waals surface area contributed by atoms with Gasteiger partial charge in [0.15, 0.2) is 0 Å². The Hall–Kier alpha value is -3.16. The van der Waals surface area contributed by atoms with E-state index in [1.165, 1.54) is 24.3 Å². The lowest BCUT2D eigenvalue weighted by Gasteiger charge is -2.36. The van der Waals surface area contributed by atoms with E-state index in [9.17, 15) is 18.4 Å². The van der Waals surface area contributed by atoms with Gasteiger partial charge in [-0.2, -0.15) is 0 Å². The van der Waals surface area contributed by atoms with Gasteiger partial charge in [-0.3, -0.25) is 4.79 Å². The van der Waals surface area contributed by atoms with E-state index in [0.717, 1.165) is 5.69 Å². The van der Waals surface area contributed by atoms with Gasteiger partial charge in [0.05, 0.1) is 6.54 Å². The molecule has 1 saturated heterocycles. The average Bonchev–Trinajstić information content (AvgIpc) is 2.71. The molecule has 3 amide bonds. The van der Waals surface area contributed by atoms with Gasteiger partial charge in [-0.25, -0.2) is 13.6 Å². The fourth-order valence-electron chi connectivity index (χ4n) is 3.00. The van der Waals surface area contributed by atoms with E-state index < -0.39 is 0 Å². The number of carbonyl (C=O) groups is 2. The van der Waals surface area contributed by atoms with Crippen LogP contribution >= 0.6 is 0 Å². The van der Waals surface area contributed by atoms with Crippen molar-refractivity contribution in [3.05, 3.63) is 65.7 Å². The van der Waals surface area contributed by atoms with Crippen LogP contribution in [0.15, 0.2) is 48.5 Å². The number of hydrogen-bond donors (Lipinski definition) is 2. The number of amides is 3. The summed E-state index contributed by atoms with van der Waals surface area (Å²) in [4.78, 5) is 27.8. The van der Waals surface area contributed by atoms with E-state index in [4.69, 9.17) is 0 Å². The van der Waals surface area contributed by atoms with E-state index in [2.05, 4.69) is 15.5 Å². The summed E-state index contributed by atoms with van der Waals surface area (Å²) in [6, 6.07) is 11.9. The fraction of sp³-hybridized carbons (Fsp3) is 0.300. The molecule has 2 aromatic carbocycles. The van der Waals surface area contributed by atoms with Crippen LogP contribution in [0.3, 0.4) is 0 Å². The number of rotatable bonds is 5. The number of nitrogens with one attached hydrogen (secondary N) is 2. The van der Waals surface area contributed by atoms with E-state index in [-0.39, 0.29) is 36.7 Å². The van der Waals surface area contributed by atoms with E-state index in [1.54, 1.807) is 29.2 Å². The van der Waals surface area contributed by atoms with Crippen molar-refractivity contribution in [2.45, 2.75) is 6.54 Å². The summed E-state index contributed by atoms with van der Waals surface area (Å²) in [6.45, 7) is 2.33. The Morgan fingerprint density at radius 2 is 1.61 bits per heavy atom. The SMILES string of the molecule is O=C(CNC(=O)N1CCN(c2ccc(F)cc2)CC1)NCc1cccc(F)c1.